The van der Waals surface area contributed by atoms with Crippen molar-refractivity contribution in [3.8, 4) is 0 Å². The summed E-state index contributed by atoms with van der Waals surface area (Å²) >= 11 is 3.20. The predicted octanol–water partition coefficient (Wildman–Crippen LogP) is 4.56. The smallest absolute Gasteiger partial charge is 0.173 e. The van der Waals surface area contributed by atoms with Crippen LogP contribution < -0.4 is 0 Å². The summed E-state index contributed by atoms with van der Waals surface area (Å²) in [5, 5.41) is 0.410. The molecule has 1 fully saturated rings. The van der Waals surface area contributed by atoms with E-state index in [1.165, 1.54) is 31.2 Å². The van der Waals surface area contributed by atoms with Crippen molar-refractivity contribution in [3.63, 3.8) is 0 Å². The van der Waals surface area contributed by atoms with Crippen LogP contribution >= 0.6 is 15.9 Å². The number of hydrogen-bond donors (Lipinski definition) is 0. The molecule has 0 atom stereocenters. The first kappa shape index (κ1) is 12.8. The summed E-state index contributed by atoms with van der Waals surface area (Å²) in [6, 6.07) is 8.21. The van der Waals surface area contributed by atoms with E-state index in [0.29, 0.717) is 11.2 Å². The molecule has 1 nitrogen and oxygen atoms in total. The van der Waals surface area contributed by atoms with Gasteiger partial charge in [0.2, 0.25) is 0 Å². The van der Waals surface area contributed by atoms with E-state index in [1.807, 2.05) is 12.1 Å². The number of hydrogen-bond acceptors (Lipinski definition) is 1. The fraction of sp³-hybridized carbons (Fsp3) is 0.533. The van der Waals surface area contributed by atoms with Crippen LogP contribution in [-0.4, -0.2) is 11.1 Å². The van der Waals surface area contributed by atoms with Gasteiger partial charge in [0.1, 0.15) is 0 Å². The average molecular weight is 295 g/mol. The molecule has 0 N–H and O–H groups in total. The lowest BCUT2D eigenvalue weighted by Crippen LogP contribution is -2.11. The van der Waals surface area contributed by atoms with Gasteiger partial charge in [-0.2, -0.15) is 0 Å². The van der Waals surface area contributed by atoms with Crippen LogP contribution in [-0.2, 0) is 0 Å². The average Bonchev–Trinajstić information content (AvgIpc) is 2.39. The molecule has 0 amide bonds. The maximum absolute atomic E-state index is 11.5. The lowest BCUT2D eigenvalue weighted by Gasteiger charge is -2.26. The predicted molar refractivity (Wildman–Crippen MR) is 74.9 cm³/mol. The van der Waals surface area contributed by atoms with Crippen LogP contribution in [0.1, 0.15) is 54.4 Å². The Morgan fingerprint density at radius 2 is 1.76 bits per heavy atom. The Morgan fingerprint density at radius 1 is 1.18 bits per heavy atom. The zero-order chi connectivity index (χ0) is 12.3. The topological polar surface area (TPSA) is 17.1 Å². The van der Waals surface area contributed by atoms with Crippen LogP contribution in [0.5, 0.6) is 0 Å². The van der Waals surface area contributed by atoms with E-state index in [9.17, 15) is 4.79 Å². The Kier molecular flexibility index (Phi) is 4.38. The van der Waals surface area contributed by atoms with Gasteiger partial charge in [0.25, 0.3) is 0 Å². The molecule has 0 spiro atoms. The summed E-state index contributed by atoms with van der Waals surface area (Å²) in [5.74, 6) is 1.76. The van der Waals surface area contributed by atoms with E-state index in [-0.39, 0.29) is 5.78 Å². The Morgan fingerprint density at radius 3 is 2.29 bits per heavy atom. The summed E-state index contributed by atoms with van der Waals surface area (Å²) in [4.78, 5) is 11.5. The summed E-state index contributed by atoms with van der Waals surface area (Å²) in [6.45, 7) is 2.34. The van der Waals surface area contributed by atoms with E-state index in [4.69, 9.17) is 0 Å². The van der Waals surface area contributed by atoms with Crippen LogP contribution in [0.15, 0.2) is 24.3 Å². The summed E-state index contributed by atoms with van der Waals surface area (Å²) in [7, 11) is 0. The zero-order valence-electron chi connectivity index (χ0n) is 10.3. The lowest BCUT2D eigenvalue weighted by atomic mass is 9.79. The molecular formula is C15H19BrO. The molecule has 2 rings (SSSR count). The van der Waals surface area contributed by atoms with Crippen molar-refractivity contribution in [1.82, 2.24) is 0 Å². The van der Waals surface area contributed by atoms with Gasteiger partial charge in [-0.05, 0) is 30.2 Å². The molecule has 0 aliphatic heterocycles. The molecule has 0 bridgehead atoms. The van der Waals surface area contributed by atoms with Crippen molar-refractivity contribution >= 4 is 21.7 Å². The molecule has 1 saturated carbocycles. The van der Waals surface area contributed by atoms with Crippen molar-refractivity contribution in [2.45, 2.75) is 38.5 Å². The first-order valence-electron chi connectivity index (χ1n) is 6.40. The van der Waals surface area contributed by atoms with Gasteiger partial charge in [-0.1, -0.05) is 60.0 Å². The highest BCUT2D eigenvalue weighted by molar-refractivity contribution is 9.09. The number of rotatable bonds is 3. The molecule has 1 aromatic rings. The fourth-order valence-corrected chi connectivity index (χ4v) is 2.94. The van der Waals surface area contributed by atoms with Crippen molar-refractivity contribution < 1.29 is 4.79 Å². The Labute approximate surface area is 112 Å². The summed E-state index contributed by atoms with van der Waals surface area (Å²) in [5.41, 5.74) is 2.22. The van der Waals surface area contributed by atoms with E-state index < -0.39 is 0 Å². The second-order valence-electron chi connectivity index (χ2n) is 5.14. The molecule has 0 unspecified atom stereocenters. The largest absolute Gasteiger partial charge is 0.293 e. The minimum atomic E-state index is 0.161. The molecule has 1 aromatic carbocycles. The van der Waals surface area contributed by atoms with Gasteiger partial charge in [-0.15, -0.1) is 0 Å². The molecule has 0 aromatic heterocycles. The van der Waals surface area contributed by atoms with Crippen LogP contribution in [0, 0.1) is 5.92 Å². The van der Waals surface area contributed by atoms with Gasteiger partial charge in [0.05, 0.1) is 5.33 Å². The van der Waals surface area contributed by atoms with Crippen molar-refractivity contribution in [3.05, 3.63) is 35.4 Å². The number of alkyl halides is 1. The van der Waals surface area contributed by atoms with Crippen molar-refractivity contribution in [1.29, 1.82) is 0 Å². The van der Waals surface area contributed by atoms with Gasteiger partial charge < -0.3 is 0 Å². The number of halogens is 1. The molecular weight excluding hydrogens is 276 g/mol. The highest BCUT2D eigenvalue weighted by Crippen LogP contribution is 2.35. The number of benzene rings is 1. The number of Topliss-reactive ketones (excluding diaryl/α,β-unsaturated/α-hetero) is 1. The number of carbonyl (C=O) groups is 1. The van der Waals surface area contributed by atoms with Gasteiger partial charge >= 0.3 is 0 Å². The lowest BCUT2D eigenvalue weighted by molar-refractivity contribution is 0.102. The molecule has 1 aliphatic carbocycles. The first-order chi connectivity index (χ1) is 8.20. The second kappa shape index (κ2) is 5.81. The monoisotopic (exact) mass is 294 g/mol. The van der Waals surface area contributed by atoms with E-state index in [2.05, 4.69) is 35.0 Å². The molecule has 0 heterocycles. The molecule has 2 heteroatoms. The third-order valence-corrected chi connectivity index (χ3v) is 4.35. The normalized spacial score (nSPS) is 24.6. The van der Waals surface area contributed by atoms with Gasteiger partial charge in [0.15, 0.2) is 5.78 Å². The van der Waals surface area contributed by atoms with E-state index in [1.54, 1.807) is 0 Å². The number of ketones is 1. The van der Waals surface area contributed by atoms with Crippen LogP contribution in [0.25, 0.3) is 0 Å². The minimum absolute atomic E-state index is 0.161. The molecule has 1 aliphatic rings. The maximum Gasteiger partial charge on any atom is 0.173 e. The van der Waals surface area contributed by atoms with Crippen molar-refractivity contribution in [2.75, 3.05) is 5.33 Å². The quantitative estimate of drug-likeness (QED) is 0.590. The highest BCUT2D eigenvalue weighted by Gasteiger charge is 2.19. The third kappa shape index (κ3) is 3.19. The fourth-order valence-electron chi connectivity index (χ4n) is 2.61. The molecule has 92 valence electrons. The van der Waals surface area contributed by atoms with Gasteiger partial charge in [0, 0.05) is 5.56 Å². The first-order valence-corrected chi connectivity index (χ1v) is 7.52. The highest BCUT2D eigenvalue weighted by atomic mass is 79.9. The van der Waals surface area contributed by atoms with E-state index in [0.717, 1.165) is 11.5 Å². The summed E-state index contributed by atoms with van der Waals surface area (Å²) in [6.07, 6.45) is 5.28. The maximum atomic E-state index is 11.5. The molecule has 0 saturated heterocycles. The van der Waals surface area contributed by atoms with Gasteiger partial charge in [-0.25, -0.2) is 0 Å². The zero-order valence-corrected chi connectivity index (χ0v) is 11.9. The van der Waals surface area contributed by atoms with Crippen LogP contribution in [0.3, 0.4) is 0 Å². The number of carbonyl (C=O) groups excluding carboxylic acids is 1. The minimum Gasteiger partial charge on any atom is -0.293 e. The Balaban J connectivity index is 2.05. The Bertz CT molecular complexity index is 374. The van der Waals surface area contributed by atoms with Crippen LogP contribution in [0.2, 0.25) is 0 Å². The third-order valence-electron chi connectivity index (χ3n) is 3.84. The SMILES string of the molecule is CC1CCC(c2ccc(C(=O)CBr)cc2)CC1. The molecule has 17 heavy (non-hydrogen) atoms. The standard InChI is InChI=1S/C15H19BrO/c1-11-2-4-12(5-3-11)13-6-8-14(9-7-13)15(17)10-16/h6-9,11-12H,2-5,10H2,1H3. The summed E-state index contributed by atoms with van der Waals surface area (Å²) < 4.78 is 0. The Hall–Kier alpha value is -0.630. The van der Waals surface area contributed by atoms with Crippen molar-refractivity contribution in [2.24, 2.45) is 5.92 Å². The van der Waals surface area contributed by atoms with E-state index >= 15 is 0 Å². The van der Waals surface area contributed by atoms with Gasteiger partial charge in [-0.3, -0.25) is 4.79 Å². The molecule has 0 radical (unpaired) electrons. The second-order valence-corrected chi connectivity index (χ2v) is 5.70. The van der Waals surface area contributed by atoms with Crippen LogP contribution in [0.4, 0.5) is 0 Å².